The lowest BCUT2D eigenvalue weighted by molar-refractivity contribution is -0.180. The van der Waals surface area contributed by atoms with Crippen molar-refractivity contribution in [2.75, 3.05) is 26.2 Å². The van der Waals surface area contributed by atoms with E-state index in [0.29, 0.717) is 43.3 Å². The Kier molecular flexibility index (Phi) is 7.82. The smallest absolute Gasteiger partial charge is 0.410 e. The van der Waals surface area contributed by atoms with Gasteiger partial charge in [0.25, 0.3) is 5.91 Å². The predicted molar refractivity (Wildman–Crippen MR) is 130 cm³/mol. The summed E-state index contributed by atoms with van der Waals surface area (Å²) < 4.78 is 5.37. The Balaban J connectivity index is 1.70. The third kappa shape index (κ3) is 6.59. The number of hydroxylamine groups is 2. The maximum absolute atomic E-state index is 13.0. The highest BCUT2D eigenvalue weighted by Gasteiger charge is 2.32. The largest absolute Gasteiger partial charge is 0.444 e. The van der Waals surface area contributed by atoms with Crippen LogP contribution in [0.4, 0.5) is 10.5 Å². The van der Waals surface area contributed by atoms with Crippen molar-refractivity contribution >= 4 is 40.9 Å². The lowest BCUT2D eigenvalue weighted by atomic mass is 10.0. The van der Waals surface area contributed by atoms with Gasteiger partial charge in [0.2, 0.25) is 0 Å². The number of amidine groups is 1. The van der Waals surface area contributed by atoms with Crippen molar-refractivity contribution in [2.24, 2.45) is 16.6 Å². The lowest BCUT2D eigenvalue weighted by Crippen LogP contribution is -2.51. The molecule has 33 heavy (non-hydrogen) atoms. The second-order valence-corrected chi connectivity index (χ2v) is 10.1. The number of aliphatic imine (C=N–C) groups is 1. The van der Waals surface area contributed by atoms with E-state index in [1.165, 1.54) is 16.4 Å². The molecule has 2 N–H and O–H groups in total. The standard InChI is InChI=1S/C24H32N4O4S/c1-6-10-28(31-7-2)22(29)17-11-20-19(26-21(25)12-17)13-18(33-20)9-8-16-14-27(15-16)23(30)32-24(3,4)5/h11,13,16H,6-7,10,12,14-15H2,1-5H3,(H2,25,26). The van der Waals surface area contributed by atoms with E-state index in [1.807, 2.05) is 46.8 Å². The van der Waals surface area contributed by atoms with Crippen molar-refractivity contribution in [2.45, 2.75) is 53.1 Å². The zero-order valence-corrected chi connectivity index (χ0v) is 20.8. The number of hydrogen-bond donors (Lipinski definition) is 1. The predicted octanol–water partition coefficient (Wildman–Crippen LogP) is 3.93. The van der Waals surface area contributed by atoms with Crippen LogP contribution >= 0.6 is 11.3 Å². The summed E-state index contributed by atoms with van der Waals surface area (Å²) in [6.07, 6.45) is 2.60. The van der Waals surface area contributed by atoms with Crippen molar-refractivity contribution < 1.29 is 19.2 Å². The number of ether oxygens (including phenoxy) is 1. The quantitative estimate of drug-likeness (QED) is 0.517. The van der Waals surface area contributed by atoms with Crippen LogP contribution in [0, 0.1) is 17.8 Å². The van der Waals surface area contributed by atoms with Crippen LogP contribution in [0.5, 0.6) is 0 Å². The molecule has 0 bridgehead atoms. The molecule has 0 saturated carbocycles. The highest BCUT2D eigenvalue weighted by atomic mass is 32.1. The van der Waals surface area contributed by atoms with Crippen LogP contribution in [-0.4, -0.2) is 59.6 Å². The van der Waals surface area contributed by atoms with Gasteiger partial charge in [-0.05, 0) is 46.3 Å². The summed E-state index contributed by atoms with van der Waals surface area (Å²) in [5.74, 6) is 6.70. The number of rotatable bonds is 5. The summed E-state index contributed by atoms with van der Waals surface area (Å²) in [7, 11) is 0. The highest BCUT2D eigenvalue weighted by molar-refractivity contribution is 7.14. The Morgan fingerprint density at radius 2 is 2.06 bits per heavy atom. The molecule has 0 spiro atoms. The van der Waals surface area contributed by atoms with E-state index in [9.17, 15) is 9.59 Å². The number of hydrogen-bond acceptors (Lipinski definition) is 7. The fraction of sp³-hybridized carbons (Fsp3) is 0.542. The lowest BCUT2D eigenvalue weighted by Gasteiger charge is -2.37. The maximum atomic E-state index is 13.0. The molecule has 8 nitrogen and oxygen atoms in total. The van der Waals surface area contributed by atoms with Crippen LogP contribution in [-0.2, 0) is 14.4 Å². The molecule has 1 aromatic rings. The number of likely N-dealkylation sites (tertiary alicyclic amines) is 1. The molecule has 2 amide bonds. The average molecular weight is 473 g/mol. The Hall–Kier alpha value is -2.83. The van der Waals surface area contributed by atoms with Crippen LogP contribution in [0.15, 0.2) is 16.6 Å². The minimum absolute atomic E-state index is 0.106. The summed E-state index contributed by atoms with van der Waals surface area (Å²) in [6, 6.07) is 1.89. The molecule has 0 atom stereocenters. The van der Waals surface area contributed by atoms with Gasteiger partial charge >= 0.3 is 6.09 Å². The Morgan fingerprint density at radius 1 is 1.33 bits per heavy atom. The summed E-state index contributed by atoms with van der Waals surface area (Å²) in [6.45, 7) is 11.4. The SMILES string of the molecule is CCCN(OCC)C(=O)C1=Cc2sc(C#CC3CN(C(=O)OC(C)(C)C)C3)cc2N=C(N)C1. The van der Waals surface area contributed by atoms with Gasteiger partial charge in [0.1, 0.15) is 11.4 Å². The third-order valence-electron chi connectivity index (χ3n) is 4.83. The molecular formula is C24H32N4O4S. The monoisotopic (exact) mass is 472 g/mol. The third-order valence-corrected chi connectivity index (χ3v) is 5.81. The number of carbonyl (C=O) groups excluding carboxylic acids is 2. The highest BCUT2D eigenvalue weighted by Crippen LogP contribution is 2.34. The number of nitrogens with zero attached hydrogens (tertiary/aromatic N) is 3. The number of amides is 2. The van der Waals surface area contributed by atoms with Gasteiger partial charge in [-0.3, -0.25) is 9.63 Å². The van der Waals surface area contributed by atoms with Gasteiger partial charge in [-0.15, -0.1) is 11.3 Å². The van der Waals surface area contributed by atoms with Crippen LogP contribution in [0.2, 0.25) is 0 Å². The summed E-state index contributed by atoms with van der Waals surface area (Å²) in [5.41, 5.74) is 6.85. The van der Waals surface area contributed by atoms with E-state index in [2.05, 4.69) is 16.8 Å². The first kappa shape index (κ1) is 24.8. The zero-order valence-electron chi connectivity index (χ0n) is 19.9. The topological polar surface area (TPSA) is 97.5 Å². The molecule has 0 aliphatic carbocycles. The fourth-order valence-corrected chi connectivity index (χ4v) is 4.27. The average Bonchev–Trinajstić information content (AvgIpc) is 2.97. The van der Waals surface area contributed by atoms with Crippen LogP contribution in [0.3, 0.4) is 0 Å². The number of fused-ring (bicyclic) bond motifs is 1. The number of carbonyl (C=O) groups is 2. The van der Waals surface area contributed by atoms with E-state index in [1.54, 1.807) is 4.90 Å². The number of thiophene rings is 1. The molecule has 1 fully saturated rings. The molecule has 1 aromatic heterocycles. The molecule has 0 unspecified atom stereocenters. The Labute approximate surface area is 199 Å². The van der Waals surface area contributed by atoms with Gasteiger partial charge in [-0.1, -0.05) is 18.8 Å². The molecule has 0 aromatic carbocycles. The minimum Gasteiger partial charge on any atom is -0.444 e. The molecule has 9 heteroatoms. The summed E-state index contributed by atoms with van der Waals surface area (Å²) in [5, 5.41) is 1.39. The summed E-state index contributed by atoms with van der Waals surface area (Å²) >= 11 is 1.47. The van der Waals surface area contributed by atoms with Crippen molar-refractivity contribution in [3.8, 4) is 11.8 Å². The molecule has 1 saturated heterocycles. The first-order chi connectivity index (χ1) is 15.6. The van der Waals surface area contributed by atoms with E-state index in [0.717, 1.165) is 16.2 Å². The first-order valence-corrected chi connectivity index (χ1v) is 12.0. The van der Waals surface area contributed by atoms with Gasteiger partial charge in [-0.2, -0.15) is 0 Å². The maximum Gasteiger partial charge on any atom is 0.410 e. The van der Waals surface area contributed by atoms with Gasteiger partial charge < -0.3 is 15.4 Å². The molecular weight excluding hydrogens is 440 g/mol. The molecule has 0 radical (unpaired) electrons. The second kappa shape index (κ2) is 10.4. The molecule has 3 heterocycles. The van der Waals surface area contributed by atoms with Gasteiger partial charge in [0.15, 0.2) is 0 Å². The van der Waals surface area contributed by atoms with Gasteiger partial charge in [0, 0.05) is 31.6 Å². The van der Waals surface area contributed by atoms with Crippen LogP contribution < -0.4 is 5.73 Å². The van der Waals surface area contributed by atoms with E-state index >= 15 is 0 Å². The van der Waals surface area contributed by atoms with Crippen LogP contribution in [0.1, 0.15) is 57.2 Å². The Morgan fingerprint density at radius 3 is 2.70 bits per heavy atom. The van der Waals surface area contributed by atoms with Crippen LogP contribution in [0.25, 0.3) is 6.08 Å². The molecule has 2 aliphatic rings. The summed E-state index contributed by atoms with van der Waals surface area (Å²) in [4.78, 5) is 38.4. The molecule has 178 valence electrons. The normalized spacial score (nSPS) is 15.8. The first-order valence-electron chi connectivity index (χ1n) is 11.2. The second-order valence-electron chi connectivity index (χ2n) is 8.99. The van der Waals surface area contributed by atoms with E-state index in [4.69, 9.17) is 15.3 Å². The van der Waals surface area contributed by atoms with Crippen molar-refractivity contribution in [1.29, 1.82) is 0 Å². The number of nitrogens with two attached hydrogens (primary N) is 1. The van der Waals surface area contributed by atoms with Gasteiger partial charge in [-0.25, -0.2) is 14.9 Å². The van der Waals surface area contributed by atoms with E-state index in [-0.39, 0.29) is 24.3 Å². The Bertz CT molecular complexity index is 1010. The molecule has 2 aliphatic heterocycles. The van der Waals surface area contributed by atoms with Gasteiger partial charge in [0.05, 0.1) is 28.0 Å². The molecule has 3 rings (SSSR count). The zero-order chi connectivity index (χ0) is 24.2. The van der Waals surface area contributed by atoms with E-state index < -0.39 is 5.60 Å². The fourth-order valence-electron chi connectivity index (χ4n) is 3.35. The minimum atomic E-state index is -0.505. The van der Waals surface area contributed by atoms with Crippen molar-refractivity contribution in [1.82, 2.24) is 9.96 Å². The van der Waals surface area contributed by atoms with Crippen molar-refractivity contribution in [3.63, 3.8) is 0 Å². The van der Waals surface area contributed by atoms with Crippen molar-refractivity contribution in [3.05, 3.63) is 21.4 Å².